The number of amides is 1. The van der Waals surface area contributed by atoms with Gasteiger partial charge in [0, 0.05) is 55.4 Å². The summed E-state index contributed by atoms with van der Waals surface area (Å²) in [5, 5.41) is 3.13. The normalized spacial score (nSPS) is 28.7. The van der Waals surface area contributed by atoms with E-state index in [1.165, 1.54) is 24.8 Å². The molecule has 2 aromatic heterocycles. The van der Waals surface area contributed by atoms with Crippen LogP contribution in [0, 0.1) is 5.92 Å². The molecular formula is C23H30N6O. The van der Waals surface area contributed by atoms with Crippen LogP contribution in [0.25, 0.3) is 0 Å². The number of hydrogen-bond acceptors (Lipinski definition) is 6. The Hall–Kier alpha value is -2.51. The lowest BCUT2D eigenvalue weighted by molar-refractivity contribution is -0.119. The zero-order valence-electron chi connectivity index (χ0n) is 17.3. The lowest BCUT2D eigenvalue weighted by Gasteiger charge is -2.33. The molecule has 7 nitrogen and oxygen atoms in total. The topological polar surface area (TPSA) is 82.2 Å². The number of carbonyl (C=O) groups excluding carboxylic acids is 1. The molecule has 0 aromatic carbocycles. The molecular weight excluding hydrogens is 376 g/mol. The van der Waals surface area contributed by atoms with E-state index in [9.17, 15) is 4.79 Å². The van der Waals surface area contributed by atoms with Crippen LogP contribution >= 0.6 is 0 Å². The molecule has 158 valence electrons. The highest BCUT2D eigenvalue weighted by atomic mass is 16.2. The molecule has 4 heterocycles. The standard InChI is InChI=1S/C23H30N6O/c30-23(26-18-8-10-25-21(14-18)29-11-2-1-3-12-29)22-19-13-16(6-7-20(19)27-28-22)17-5-4-9-24-15-17/h4-5,8-10,14-16,19-20,22,27-28H,1-3,6-7,11-13H2,(H,25,26,30). The SMILES string of the molecule is O=C(Nc1ccnc(N2CCCCC2)c1)C1NNC2CCC(c3cccnc3)CC21. The molecule has 1 amide bonds. The Kier molecular flexibility index (Phi) is 5.64. The number of nitrogens with zero attached hydrogens (tertiary/aromatic N) is 3. The lowest BCUT2D eigenvalue weighted by Crippen LogP contribution is -2.42. The van der Waals surface area contributed by atoms with Crippen LogP contribution in [0.3, 0.4) is 0 Å². The maximum Gasteiger partial charge on any atom is 0.243 e. The number of hydrogen-bond donors (Lipinski definition) is 3. The van der Waals surface area contributed by atoms with E-state index in [1.807, 2.05) is 30.6 Å². The van der Waals surface area contributed by atoms with Gasteiger partial charge in [0.05, 0.1) is 0 Å². The fourth-order valence-electron chi connectivity index (χ4n) is 5.25. The number of hydrazine groups is 1. The third-order valence-corrected chi connectivity index (χ3v) is 6.88. The molecule has 3 fully saturated rings. The van der Waals surface area contributed by atoms with Crippen molar-refractivity contribution in [3.8, 4) is 0 Å². The summed E-state index contributed by atoms with van der Waals surface area (Å²) in [5.74, 6) is 1.71. The van der Waals surface area contributed by atoms with Crippen molar-refractivity contribution >= 4 is 17.4 Å². The van der Waals surface area contributed by atoms with Crippen LogP contribution in [0.15, 0.2) is 42.9 Å². The van der Waals surface area contributed by atoms with Crippen LogP contribution in [0.5, 0.6) is 0 Å². The average molecular weight is 407 g/mol. The van der Waals surface area contributed by atoms with Crippen LogP contribution in [-0.4, -0.2) is 41.0 Å². The molecule has 4 unspecified atom stereocenters. The monoisotopic (exact) mass is 406 g/mol. The molecule has 2 saturated heterocycles. The highest BCUT2D eigenvalue weighted by Crippen LogP contribution is 2.39. The third kappa shape index (κ3) is 4.04. The van der Waals surface area contributed by atoms with Crippen molar-refractivity contribution < 1.29 is 4.79 Å². The van der Waals surface area contributed by atoms with E-state index >= 15 is 0 Å². The van der Waals surface area contributed by atoms with Crippen molar-refractivity contribution in [2.45, 2.75) is 56.5 Å². The van der Waals surface area contributed by atoms with Crippen molar-refractivity contribution in [1.29, 1.82) is 0 Å². The zero-order chi connectivity index (χ0) is 20.3. The van der Waals surface area contributed by atoms with Gasteiger partial charge >= 0.3 is 0 Å². The van der Waals surface area contributed by atoms with Crippen molar-refractivity contribution in [2.24, 2.45) is 5.92 Å². The number of nitrogens with one attached hydrogen (secondary N) is 3. The van der Waals surface area contributed by atoms with Crippen LogP contribution in [-0.2, 0) is 4.79 Å². The fourth-order valence-corrected chi connectivity index (χ4v) is 5.25. The molecule has 5 rings (SSSR count). The molecule has 1 saturated carbocycles. The number of fused-ring (bicyclic) bond motifs is 1. The van der Waals surface area contributed by atoms with E-state index < -0.39 is 0 Å². The Balaban J connectivity index is 1.26. The summed E-state index contributed by atoms with van der Waals surface area (Å²) >= 11 is 0. The van der Waals surface area contributed by atoms with E-state index in [1.54, 1.807) is 6.20 Å². The first-order chi connectivity index (χ1) is 14.8. The van der Waals surface area contributed by atoms with Gasteiger partial charge < -0.3 is 10.2 Å². The molecule has 3 N–H and O–H groups in total. The van der Waals surface area contributed by atoms with E-state index in [0.29, 0.717) is 12.0 Å². The Morgan fingerprint density at radius 2 is 2.00 bits per heavy atom. The summed E-state index contributed by atoms with van der Waals surface area (Å²) in [6.07, 6.45) is 12.5. The number of anilines is 2. The van der Waals surface area contributed by atoms with E-state index in [4.69, 9.17) is 0 Å². The molecule has 7 heteroatoms. The van der Waals surface area contributed by atoms with Gasteiger partial charge in [-0.2, -0.15) is 0 Å². The smallest absolute Gasteiger partial charge is 0.243 e. The van der Waals surface area contributed by atoms with E-state index in [0.717, 1.165) is 43.9 Å². The Bertz CT molecular complexity index is 869. The van der Waals surface area contributed by atoms with Gasteiger partial charge in [0.1, 0.15) is 11.9 Å². The zero-order valence-corrected chi connectivity index (χ0v) is 17.3. The first-order valence-electron chi connectivity index (χ1n) is 11.2. The van der Waals surface area contributed by atoms with Crippen LogP contribution in [0.1, 0.15) is 50.0 Å². The molecule has 2 aliphatic heterocycles. The molecule has 2 aromatic rings. The molecule has 30 heavy (non-hydrogen) atoms. The van der Waals surface area contributed by atoms with Crippen LogP contribution in [0.2, 0.25) is 0 Å². The largest absolute Gasteiger partial charge is 0.357 e. The maximum atomic E-state index is 13.1. The predicted octanol–water partition coefficient (Wildman–Crippen LogP) is 2.83. The summed E-state index contributed by atoms with van der Waals surface area (Å²) in [5.41, 5.74) is 8.73. The Labute approximate surface area is 177 Å². The van der Waals surface area contributed by atoms with E-state index in [2.05, 4.69) is 37.1 Å². The summed E-state index contributed by atoms with van der Waals surface area (Å²) in [6.45, 7) is 2.08. The summed E-state index contributed by atoms with van der Waals surface area (Å²) < 4.78 is 0. The predicted molar refractivity (Wildman–Crippen MR) is 117 cm³/mol. The number of carbonyl (C=O) groups is 1. The average Bonchev–Trinajstić information content (AvgIpc) is 3.24. The Morgan fingerprint density at radius 1 is 1.10 bits per heavy atom. The molecule has 0 radical (unpaired) electrons. The summed E-state index contributed by atoms with van der Waals surface area (Å²) in [4.78, 5) is 24.2. The quantitative estimate of drug-likeness (QED) is 0.724. The second-order valence-electron chi connectivity index (χ2n) is 8.77. The summed E-state index contributed by atoms with van der Waals surface area (Å²) in [7, 11) is 0. The van der Waals surface area contributed by atoms with Gasteiger partial charge in [0.25, 0.3) is 0 Å². The lowest BCUT2D eigenvalue weighted by atomic mass is 9.73. The first-order valence-corrected chi connectivity index (χ1v) is 11.2. The Morgan fingerprint density at radius 3 is 2.83 bits per heavy atom. The van der Waals surface area contributed by atoms with Crippen LogP contribution in [0.4, 0.5) is 11.5 Å². The second-order valence-corrected chi connectivity index (χ2v) is 8.77. The van der Waals surface area contributed by atoms with E-state index in [-0.39, 0.29) is 17.9 Å². The summed E-state index contributed by atoms with van der Waals surface area (Å²) in [6, 6.07) is 8.14. The third-order valence-electron chi connectivity index (χ3n) is 6.88. The highest BCUT2D eigenvalue weighted by molar-refractivity contribution is 5.95. The molecule has 3 aliphatic rings. The maximum absolute atomic E-state index is 13.1. The van der Waals surface area contributed by atoms with Crippen molar-refractivity contribution in [1.82, 2.24) is 20.8 Å². The number of pyridine rings is 2. The van der Waals surface area contributed by atoms with Gasteiger partial charge in [0.15, 0.2) is 0 Å². The van der Waals surface area contributed by atoms with Crippen molar-refractivity contribution in [2.75, 3.05) is 23.3 Å². The van der Waals surface area contributed by atoms with Gasteiger partial charge in [-0.1, -0.05) is 6.07 Å². The minimum atomic E-state index is -0.235. The number of rotatable bonds is 4. The first kappa shape index (κ1) is 19.5. The molecule has 4 atom stereocenters. The highest BCUT2D eigenvalue weighted by Gasteiger charge is 2.43. The van der Waals surface area contributed by atoms with Crippen molar-refractivity contribution in [3.63, 3.8) is 0 Å². The molecule has 0 bridgehead atoms. The van der Waals surface area contributed by atoms with Gasteiger partial charge in [-0.05, 0) is 62.1 Å². The second kappa shape index (κ2) is 8.70. The number of piperidine rings is 1. The van der Waals surface area contributed by atoms with Gasteiger partial charge in [-0.15, -0.1) is 0 Å². The number of aromatic nitrogens is 2. The van der Waals surface area contributed by atoms with Gasteiger partial charge in [-0.3, -0.25) is 15.2 Å². The molecule has 1 aliphatic carbocycles. The van der Waals surface area contributed by atoms with Gasteiger partial charge in [-0.25, -0.2) is 10.4 Å². The fraction of sp³-hybridized carbons (Fsp3) is 0.522. The van der Waals surface area contributed by atoms with Crippen LogP contribution < -0.4 is 21.1 Å². The van der Waals surface area contributed by atoms with Gasteiger partial charge in [0.2, 0.25) is 5.91 Å². The molecule has 0 spiro atoms. The minimum absolute atomic E-state index is 0.0256. The van der Waals surface area contributed by atoms with Crippen molar-refractivity contribution in [3.05, 3.63) is 48.4 Å². The minimum Gasteiger partial charge on any atom is -0.357 e.